The van der Waals surface area contributed by atoms with Gasteiger partial charge in [0.05, 0.1) is 27.8 Å². The van der Waals surface area contributed by atoms with E-state index in [9.17, 15) is 27.2 Å². The molecule has 0 bridgehead atoms. The first-order valence-electron chi connectivity index (χ1n) is 9.31. The summed E-state index contributed by atoms with van der Waals surface area (Å²) in [6.45, 7) is 0.503. The largest absolute Gasteiger partial charge is 0.481 e. The van der Waals surface area contributed by atoms with Crippen molar-refractivity contribution in [1.29, 1.82) is 0 Å². The number of thiazole rings is 1. The van der Waals surface area contributed by atoms with Crippen LogP contribution in [0.15, 0.2) is 35.8 Å². The van der Waals surface area contributed by atoms with E-state index in [4.69, 9.17) is 16.7 Å². The molecular weight excluding hydrogens is 488 g/mol. The van der Waals surface area contributed by atoms with Crippen LogP contribution >= 0.6 is 22.9 Å². The molecule has 2 N–H and O–H groups in total. The number of halogens is 5. The van der Waals surface area contributed by atoms with Crippen molar-refractivity contribution in [1.82, 2.24) is 9.97 Å². The summed E-state index contributed by atoms with van der Waals surface area (Å²) in [5.41, 5.74) is -1.72. The molecular formula is C20H13ClF4N4O3S. The van der Waals surface area contributed by atoms with Gasteiger partial charge in [0.25, 0.3) is 5.91 Å². The minimum absolute atomic E-state index is 0.0408. The van der Waals surface area contributed by atoms with Gasteiger partial charge in [0, 0.05) is 30.2 Å². The van der Waals surface area contributed by atoms with Crippen LogP contribution in [-0.4, -0.2) is 40.0 Å². The molecule has 1 aliphatic rings. The number of hydrogen-bond donors (Lipinski definition) is 2. The van der Waals surface area contributed by atoms with Crippen molar-refractivity contribution in [2.75, 3.05) is 23.3 Å². The van der Waals surface area contributed by atoms with Crippen molar-refractivity contribution in [3.63, 3.8) is 0 Å². The van der Waals surface area contributed by atoms with E-state index in [1.807, 2.05) is 0 Å². The second kappa shape index (κ2) is 8.60. The number of rotatable bonds is 5. The lowest BCUT2D eigenvalue weighted by molar-refractivity contribution is -0.142. The van der Waals surface area contributed by atoms with Gasteiger partial charge in [-0.25, -0.2) is 14.4 Å². The molecule has 4 rings (SSSR count). The van der Waals surface area contributed by atoms with Gasteiger partial charge in [0.1, 0.15) is 11.6 Å². The van der Waals surface area contributed by atoms with E-state index in [1.54, 1.807) is 4.90 Å². The van der Waals surface area contributed by atoms with Crippen LogP contribution in [-0.2, 0) is 11.0 Å². The second-order valence-corrected chi connectivity index (χ2v) is 8.39. The Hall–Kier alpha value is -3.25. The lowest BCUT2D eigenvalue weighted by Crippen LogP contribution is -2.50. The molecule has 13 heteroatoms. The summed E-state index contributed by atoms with van der Waals surface area (Å²) in [7, 11) is 0. The Morgan fingerprint density at radius 3 is 2.64 bits per heavy atom. The number of anilines is 2. The van der Waals surface area contributed by atoms with Gasteiger partial charge in [-0.3, -0.25) is 14.9 Å². The molecule has 172 valence electrons. The van der Waals surface area contributed by atoms with Crippen LogP contribution in [0.3, 0.4) is 0 Å². The van der Waals surface area contributed by atoms with Crippen molar-refractivity contribution in [2.45, 2.75) is 6.18 Å². The maximum atomic E-state index is 14.3. The molecule has 33 heavy (non-hydrogen) atoms. The third-order valence-electron chi connectivity index (χ3n) is 4.92. The first-order chi connectivity index (χ1) is 15.5. The summed E-state index contributed by atoms with van der Waals surface area (Å²) in [5, 5.41) is 12.9. The third kappa shape index (κ3) is 4.62. The lowest BCUT2D eigenvalue weighted by Gasteiger charge is -2.38. The molecule has 1 aliphatic heterocycles. The predicted octanol–water partition coefficient (Wildman–Crippen LogP) is 4.79. The Balaban J connectivity index is 1.48. The maximum Gasteiger partial charge on any atom is 0.419 e. The summed E-state index contributed by atoms with van der Waals surface area (Å²) < 4.78 is 53.2. The molecule has 3 aromatic rings. The van der Waals surface area contributed by atoms with Crippen molar-refractivity contribution in [3.8, 4) is 11.3 Å². The van der Waals surface area contributed by atoms with Gasteiger partial charge in [-0.2, -0.15) is 13.2 Å². The van der Waals surface area contributed by atoms with E-state index in [-0.39, 0.29) is 40.1 Å². The number of carbonyl (C=O) groups excluding carboxylic acids is 1. The third-order valence-corrected chi connectivity index (χ3v) is 5.95. The van der Waals surface area contributed by atoms with Crippen LogP contribution in [0.2, 0.25) is 5.02 Å². The number of hydrogen-bond acceptors (Lipinski definition) is 6. The SMILES string of the molecule is O=C(Nc1nc(-c2cccc(C(F)(F)F)c2F)cs1)c1cnc(N2CC(C(=O)O)C2)c(Cl)c1. The van der Waals surface area contributed by atoms with Gasteiger partial charge >= 0.3 is 12.1 Å². The molecule has 0 unspecified atom stereocenters. The molecule has 0 atom stereocenters. The maximum absolute atomic E-state index is 14.3. The normalized spacial score (nSPS) is 14.2. The van der Waals surface area contributed by atoms with Gasteiger partial charge in [-0.05, 0) is 18.2 Å². The van der Waals surface area contributed by atoms with Crippen molar-refractivity contribution >= 4 is 45.8 Å². The summed E-state index contributed by atoms with van der Waals surface area (Å²) in [6.07, 6.45) is -3.60. The highest BCUT2D eigenvalue weighted by Crippen LogP contribution is 2.36. The lowest BCUT2D eigenvalue weighted by atomic mass is 10.0. The quantitative estimate of drug-likeness (QED) is 0.489. The highest BCUT2D eigenvalue weighted by atomic mass is 35.5. The van der Waals surface area contributed by atoms with Crippen LogP contribution in [0, 0.1) is 11.7 Å². The Morgan fingerprint density at radius 2 is 2.00 bits per heavy atom. The summed E-state index contributed by atoms with van der Waals surface area (Å²) >= 11 is 7.10. The minimum atomic E-state index is -4.85. The van der Waals surface area contributed by atoms with Crippen LogP contribution in [0.5, 0.6) is 0 Å². The molecule has 3 heterocycles. The van der Waals surface area contributed by atoms with Gasteiger partial charge < -0.3 is 10.0 Å². The Labute approximate surface area is 192 Å². The fourth-order valence-corrected chi connectivity index (χ4v) is 4.16. The van der Waals surface area contributed by atoms with Crippen LogP contribution in [0.25, 0.3) is 11.3 Å². The average molecular weight is 501 g/mol. The molecule has 1 aromatic carbocycles. The van der Waals surface area contributed by atoms with E-state index in [0.717, 1.165) is 17.4 Å². The van der Waals surface area contributed by atoms with Crippen molar-refractivity contribution in [3.05, 3.63) is 57.8 Å². The average Bonchev–Trinajstić information content (AvgIpc) is 3.15. The first-order valence-corrected chi connectivity index (χ1v) is 10.6. The predicted molar refractivity (Wildman–Crippen MR) is 113 cm³/mol. The second-order valence-electron chi connectivity index (χ2n) is 7.13. The number of pyridine rings is 1. The van der Waals surface area contributed by atoms with E-state index >= 15 is 0 Å². The Morgan fingerprint density at radius 1 is 1.27 bits per heavy atom. The minimum Gasteiger partial charge on any atom is -0.481 e. The molecule has 0 spiro atoms. The molecule has 0 radical (unpaired) electrons. The fourth-order valence-electron chi connectivity index (χ4n) is 3.17. The molecule has 0 aliphatic carbocycles. The van der Waals surface area contributed by atoms with Crippen LogP contribution < -0.4 is 10.2 Å². The number of aromatic nitrogens is 2. The van der Waals surface area contributed by atoms with E-state index in [1.165, 1.54) is 23.7 Å². The molecule has 1 saturated heterocycles. The Kier molecular flexibility index (Phi) is 5.97. The fraction of sp³-hybridized carbons (Fsp3) is 0.200. The number of nitrogens with zero attached hydrogens (tertiary/aromatic N) is 3. The van der Waals surface area contributed by atoms with Gasteiger partial charge in [0.2, 0.25) is 0 Å². The zero-order valence-corrected chi connectivity index (χ0v) is 17.9. The molecule has 7 nitrogen and oxygen atoms in total. The highest BCUT2D eigenvalue weighted by Gasteiger charge is 2.36. The van der Waals surface area contributed by atoms with Crippen molar-refractivity contribution < 1.29 is 32.3 Å². The van der Waals surface area contributed by atoms with E-state index in [2.05, 4.69) is 15.3 Å². The smallest absolute Gasteiger partial charge is 0.419 e. The topological polar surface area (TPSA) is 95.4 Å². The zero-order valence-electron chi connectivity index (χ0n) is 16.4. The summed E-state index contributed by atoms with van der Waals surface area (Å²) in [5.74, 6) is -3.15. The summed E-state index contributed by atoms with van der Waals surface area (Å²) in [4.78, 5) is 33.2. The van der Waals surface area contributed by atoms with Crippen LogP contribution in [0.4, 0.5) is 28.5 Å². The van der Waals surface area contributed by atoms with Gasteiger partial charge in [-0.1, -0.05) is 17.7 Å². The number of aliphatic carboxylic acids is 1. The molecule has 1 fully saturated rings. The highest BCUT2D eigenvalue weighted by molar-refractivity contribution is 7.14. The zero-order chi connectivity index (χ0) is 23.9. The standard InChI is InChI=1S/C20H13ClF4N4O3S/c21-13-4-9(5-26-16(13)29-6-10(7-29)18(31)32)17(30)28-19-27-14(8-33-19)11-2-1-3-12(15(11)22)20(23,24)25/h1-5,8,10H,6-7H2,(H,31,32)(H,27,28,30). The molecule has 0 saturated carbocycles. The molecule has 2 aromatic heterocycles. The number of carboxylic acids is 1. The Bertz CT molecular complexity index is 1240. The number of amides is 1. The summed E-state index contributed by atoms with van der Waals surface area (Å²) in [6, 6.07) is 4.23. The number of carbonyl (C=O) groups is 2. The number of benzene rings is 1. The van der Waals surface area contributed by atoms with Gasteiger partial charge in [-0.15, -0.1) is 11.3 Å². The molecule has 1 amide bonds. The first kappa shape index (κ1) is 22.9. The number of alkyl halides is 3. The number of nitrogens with one attached hydrogen (secondary N) is 1. The van der Waals surface area contributed by atoms with E-state index in [0.29, 0.717) is 11.9 Å². The van der Waals surface area contributed by atoms with Crippen molar-refractivity contribution in [2.24, 2.45) is 5.92 Å². The van der Waals surface area contributed by atoms with Gasteiger partial charge in [0.15, 0.2) is 5.13 Å². The van der Waals surface area contributed by atoms with E-state index < -0.39 is 35.4 Å². The number of carboxylic acid groups (broad SMARTS) is 1. The monoisotopic (exact) mass is 500 g/mol. The van der Waals surface area contributed by atoms with Crippen LogP contribution in [0.1, 0.15) is 15.9 Å².